The third-order valence-corrected chi connectivity index (χ3v) is 3.45. The van der Waals surface area contributed by atoms with Crippen molar-refractivity contribution >= 4 is 21.7 Å². The lowest BCUT2D eigenvalue weighted by molar-refractivity contribution is -0.274. The molecule has 2 aromatic rings. The highest BCUT2D eigenvalue weighted by Gasteiger charge is 2.30. The zero-order chi connectivity index (χ0) is 16.9. The lowest BCUT2D eigenvalue weighted by atomic mass is 10.1. The standard InChI is InChI=1S/C16H12BrF3O3/c17-9-13(21)10-22-14-5-1-11(2-6-14)12-3-7-15(8-4-12)23-16(18,19)20/h1-8H,9-10H2. The van der Waals surface area contributed by atoms with Crippen molar-refractivity contribution in [3.05, 3.63) is 48.5 Å². The van der Waals surface area contributed by atoms with Crippen molar-refractivity contribution in [1.29, 1.82) is 0 Å². The van der Waals surface area contributed by atoms with E-state index in [0.29, 0.717) is 5.75 Å². The number of carbonyl (C=O) groups excluding carboxylic acids is 1. The Hall–Kier alpha value is -2.02. The number of ketones is 1. The van der Waals surface area contributed by atoms with Crippen molar-refractivity contribution in [3.63, 3.8) is 0 Å². The molecule has 0 spiro atoms. The van der Waals surface area contributed by atoms with Crippen LogP contribution in [0.2, 0.25) is 0 Å². The molecular weight excluding hydrogens is 377 g/mol. The largest absolute Gasteiger partial charge is 0.573 e. The molecule has 0 radical (unpaired) electrons. The minimum absolute atomic E-state index is 0.0198. The molecule has 0 aliphatic carbocycles. The summed E-state index contributed by atoms with van der Waals surface area (Å²) in [5.41, 5.74) is 1.55. The second kappa shape index (κ2) is 7.50. The molecule has 0 bridgehead atoms. The average Bonchev–Trinajstić information content (AvgIpc) is 2.52. The van der Waals surface area contributed by atoms with Crippen molar-refractivity contribution in [3.8, 4) is 22.6 Å². The predicted molar refractivity (Wildman–Crippen MR) is 82.9 cm³/mol. The van der Waals surface area contributed by atoms with Crippen molar-refractivity contribution in [1.82, 2.24) is 0 Å². The molecule has 0 atom stereocenters. The molecule has 122 valence electrons. The number of ether oxygens (including phenoxy) is 2. The van der Waals surface area contributed by atoms with Gasteiger partial charge in [0.05, 0.1) is 5.33 Å². The number of rotatable bonds is 6. The highest BCUT2D eigenvalue weighted by molar-refractivity contribution is 9.09. The van der Waals surface area contributed by atoms with Crippen molar-refractivity contribution < 1.29 is 27.4 Å². The highest BCUT2D eigenvalue weighted by atomic mass is 79.9. The van der Waals surface area contributed by atoms with Gasteiger partial charge < -0.3 is 9.47 Å². The van der Waals surface area contributed by atoms with Gasteiger partial charge in [-0.1, -0.05) is 40.2 Å². The first-order chi connectivity index (χ1) is 10.9. The average molecular weight is 389 g/mol. The summed E-state index contributed by atoms with van der Waals surface area (Å²) in [5.74, 6) is 0.198. The monoisotopic (exact) mass is 388 g/mol. The van der Waals surface area contributed by atoms with Gasteiger partial charge >= 0.3 is 6.36 Å². The topological polar surface area (TPSA) is 35.5 Å². The Morgan fingerprint density at radius 2 is 1.39 bits per heavy atom. The lowest BCUT2D eigenvalue weighted by Crippen LogP contribution is -2.16. The van der Waals surface area contributed by atoms with E-state index >= 15 is 0 Å². The molecule has 0 fully saturated rings. The summed E-state index contributed by atoms with van der Waals surface area (Å²) in [6.07, 6.45) is -4.70. The number of halogens is 4. The first-order valence-electron chi connectivity index (χ1n) is 6.54. The van der Waals surface area contributed by atoms with Gasteiger partial charge in [0.1, 0.15) is 18.1 Å². The quantitative estimate of drug-likeness (QED) is 0.678. The van der Waals surface area contributed by atoms with E-state index in [-0.39, 0.29) is 23.5 Å². The maximum absolute atomic E-state index is 12.1. The smallest absolute Gasteiger partial charge is 0.486 e. The van der Waals surface area contributed by atoms with Crippen LogP contribution in [-0.4, -0.2) is 24.1 Å². The van der Waals surface area contributed by atoms with Crippen molar-refractivity contribution in [2.45, 2.75) is 6.36 Å². The normalized spacial score (nSPS) is 11.1. The molecule has 0 unspecified atom stereocenters. The van der Waals surface area contributed by atoms with E-state index in [1.165, 1.54) is 24.3 Å². The molecule has 0 saturated carbocycles. The molecule has 0 heterocycles. The molecule has 0 aliphatic heterocycles. The molecule has 0 N–H and O–H groups in total. The van der Waals surface area contributed by atoms with Crippen molar-refractivity contribution in [2.75, 3.05) is 11.9 Å². The van der Waals surface area contributed by atoms with Gasteiger partial charge in [-0.25, -0.2) is 0 Å². The fourth-order valence-corrected chi connectivity index (χ4v) is 1.96. The third-order valence-electron chi connectivity index (χ3n) is 2.82. The molecule has 0 aromatic heterocycles. The zero-order valence-electron chi connectivity index (χ0n) is 11.8. The first kappa shape index (κ1) is 17.3. The molecule has 3 nitrogen and oxygen atoms in total. The molecule has 2 rings (SSSR count). The number of alkyl halides is 4. The summed E-state index contributed by atoms with van der Waals surface area (Å²) in [6, 6.07) is 12.5. The van der Waals surface area contributed by atoms with Crippen LogP contribution in [0.5, 0.6) is 11.5 Å². The van der Waals surface area contributed by atoms with Gasteiger partial charge in [0.2, 0.25) is 0 Å². The van der Waals surface area contributed by atoms with E-state index in [0.717, 1.165) is 11.1 Å². The highest BCUT2D eigenvalue weighted by Crippen LogP contribution is 2.27. The van der Waals surface area contributed by atoms with Crippen LogP contribution in [0.1, 0.15) is 0 Å². The Balaban J connectivity index is 2.03. The molecule has 2 aromatic carbocycles. The van der Waals surface area contributed by atoms with Crippen LogP contribution in [-0.2, 0) is 4.79 Å². The van der Waals surface area contributed by atoms with Crippen LogP contribution in [0, 0.1) is 0 Å². The molecule has 0 saturated heterocycles. The van der Waals surface area contributed by atoms with Gasteiger partial charge in [0.15, 0.2) is 5.78 Å². The Labute approximate surface area is 139 Å². The van der Waals surface area contributed by atoms with Gasteiger partial charge in [0, 0.05) is 0 Å². The number of carbonyl (C=O) groups is 1. The maximum atomic E-state index is 12.1. The van der Waals surface area contributed by atoms with E-state index < -0.39 is 6.36 Å². The Kier molecular flexibility index (Phi) is 5.65. The van der Waals surface area contributed by atoms with Crippen LogP contribution < -0.4 is 9.47 Å². The Bertz CT molecular complexity index is 652. The predicted octanol–water partition coefficient (Wildman–Crippen LogP) is 4.60. The number of hydrogen-bond acceptors (Lipinski definition) is 3. The minimum Gasteiger partial charge on any atom is -0.486 e. The van der Waals surface area contributed by atoms with Crippen LogP contribution in [0.4, 0.5) is 13.2 Å². The van der Waals surface area contributed by atoms with E-state index in [2.05, 4.69) is 20.7 Å². The minimum atomic E-state index is -4.70. The van der Waals surface area contributed by atoms with Gasteiger partial charge in [-0.15, -0.1) is 13.2 Å². The zero-order valence-corrected chi connectivity index (χ0v) is 13.4. The van der Waals surface area contributed by atoms with E-state index in [1.807, 2.05) is 0 Å². The molecule has 0 amide bonds. The van der Waals surface area contributed by atoms with Gasteiger partial charge in [-0.05, 0) is 35.4 Å². The fraction of sp³-hybridized carbons (Fsp3) is 0.188. The second-order valence-electron chi connectivity index (χ2n) is 4.56. The maximum Gasteiger partial charge on any atom is 0.573 e. The van der Waals surface area contributed by atoms with Crippen LogP contribution in [0.15, 0.2) is 48.5 Å². The summed E-state index contributed by atoms with van der Waals surface area (Å²) in [4.78, 5) is 11.1. The van der Waals surface area contributed by atoms with Crippen LogP contribution in [0.3, 0.4) is 0 Å². The SMILES string of the molecule is O=C(CBr)COc1ccc(-c2ccc(OC(F)(F)F)cc2)cc1. The third kappa shape index (κ3) is 5.59. The summed E-state index contributed by atoms with van der Waals surface area (Å²) in [6.45, 7) is -0.0198. The second-order valence-corrected chi connectivity index (χ2v) is 5.12. The molecule has 0 aliphatic rings. The van der Waals surface area contributed by atoms with Crippen LogP contribution >= 0.6 is 15.9 Å². The van der Waals surface area contributed by atoms with Gasteiger partial charge in [-0.2, -0.15) is 0 Å². The van der Waals surface area contributed by atoms with Crippen molar-refractivity contribution in [2.24, 2.45) is 0 Å². The lowest BCUT2D eigenvalue weighted by Gasteiger charge is -2.10. The van der Waals surface area contributed by atoms with E-state index in [4.69, 9.17) is 4.74 Å². The Morgan fingerprint density at radius 3 is 1.83 bits per heavy atom. The number of benzene rings is 2. The molecule has 23 heavy (non-hydrogen) atoms. The number of Topliss-reactive ketones (excluding diaryl/α,β-unsaturated/α-hetero) is 1. The first-order valence-corrected chi connectivity index (χ1v) is 7.66. The van der Waals surface area contributed by atoms with Gasteiger partial charge in [0.25, 0.3) is 0 Å². The van der Waals surface area contributed by atoms with Gasteiger partial charge in [-0.3, -0.25) is 4.79 Å². The summed E-state index contributed by atoms with van der Waals surface area (Å²) < 4.78 is 45.4. The summed E-state index contributed by atoms with van der Waals surface area (Å²) >= 11 is 3.04. The molecular formula is C16H12BrF3O3. The van der Waals surface area contributed by atoms with E-state index in [1.54, 1.807) is 24.3 Å². The Morgan fingerprint density at radius 1 is 0.913 bits per heavy atom. The van der Waals surface area contributed by atoms with Crippen LogP contribution in [0.25, 0.3) is 11.1 Å². The van der Waals surface area contributed by atoms with E-state index in [9.17, 15) is 18.0 Å². The number of hydrogen-bond donors (Lipinski definition) is 0. The molecule has 7 heteroatoms. The fourth-order valence-electron chi connectivity index (χ4n) is 1.80. The summed E-state index contributed by atoms with van der Waals surface area (Å²) in [5, 5.41) is 0.234. The summed E-state index contributed by atoms with van der Waals surface area (Å²) in [7, 11) is 0.